The second kappa shape index (κ2) is 13.7. The van der Waals surface area contributed by atoms with E-state index in [1.54, 1.807) is 31.2 Å². The summed E-state index contributed by atoms with van der Waals surface area (Å²) in [4.78, 5) is 34.5. The molecule has 0 amide bonds. The van der Waals surface area contributed by atoms with Crippen LogP contribution in [0.25, 0.3) is 11.1 Å². The monoisotopic (exact) mass is 500 g/mol. The maximum absolute atomic E-state index is 14.6. The Balaban J connectivity index is 2.19. The molecule has 0 aliphatic carbocycles. The van der Waals surface area contributed by atoms with Gasteiger partial charge >= 0.3 is 17.9 Å². The number of benzene rings is 2. The van der Waals surface area contributed by atoms with Gasteiger partial charge in [-0.25, -0.2) is 14.0 Å². The quantitative estimate of drug-likeness (QED) is 0.167. The molecule has 0 saturated heterocycles. The number of halogens is 1. The maximum atomic E-state index is 14.6. The van der Waals surface area contributed by atoms with Crippen LogP contribution in [0.4, 0.5) is 4.39 Å². The molecule has 0 N–H and O–H groups in total. The SMILES string of the molecule is C=C(C)C(=O)OCCOc1cc(OCCOC(=O)C(=C)C)cc(-c2ccc(OC(=O)CC)c(F)c2)c1. The molecule has 0 saturated carbocycles. The summed E-state index contributed by atoms with van der Waals surface area (Å²) in [7, 11) is 0. The van der Waals surface area contributed by atoms with Gasteiger partial charge in [-0.2, -0.15) is 0 Å². The van der Waals surface area contributed by atoms with Crippen LogP contribution in [-0.2, 0) is 23.9 Å². The Bertz CT molecular complexity index is 1090. The fourth-order valence-corrected chi connectivity index (χ4v) is 2.70. The summed E-state index contributed by atoms with van der Waals surface area (Å²) in [5, 5.41) is 0. The number of rotatable bonds is 13. The van der Waals surface area contributed by atoms with Crippen molar-refractivity contribution in [2.45, 2.75) is 27.2 Å². The van der Waals surface area contributed by atoms with Gasteiger partial charge in [-0.15, -0.1) is 0 Å². The minimum Gasteiger partial charge on any atom is -0.490 e. The van der Waals surface area contributed by atoms with Crippen LogP contribution in [0.3, 0.4) is 0 Å². The van der Waals surface area contributed by atoms with Crippen LogP contribution in [-0.4, -0.2) is 44.3 Å². The van der Waals surface area contributed by atoms with Gasteiger partial charge in [0.2, 0.25) is 0 Å². The van der Waals surface area contributed by atoms with Crippen LogP contribution in [0.2, 0.25) is 0 Å². The molecule has 0 aliphatic heterocycles. The van der Waals surface area contributed by atoms with Gasteiger partial charge in [-0.1, -0.05) is 26.1 Å². The Hall–Kier alpha value is -4.14. The summed E-state index contributed by atoms with van der Waals surface area (Å²) in [6, 6.07) is 9.08. The average Bonchev–Trinajstić information content (AvgIpc) is 2.84. The third kappa shape index (κ3) is 8.90. The molecule has 0 spiro atoms. The van der Waals surface area contributed by atoms with Crippen molar-refractivity contribution in [2.75, 3.05) is 26.4 Å². The lowest BCUT2D eigenvalue weighted by Gasteiger charge is -2.14. The summed E-state index contributed by atoms with van der Waals surface area (Å²) >= 11 is 0. The van der Waals surface area contributed by atoms with Gasteiger partial charge in [0, 0.05) is 23.6 Å². The fraction of sp³-hybridized carbons (Fsp3) is 0.296. The number of carbonyl (C=O) groups excluding carboxylic acids is 3. The Morgan fingerprint density at radius 1 is 0.778 bits per heavy atom. The fourth-order valence-electron chi connectivity index (χ4n) is 2.70. The molecular formula is C27H29FO8. The Kier molecular flexibility index (Phi) is 10.7. The van der Waals surface area contributed by atoms with Crippen molar-refractivity contribution in [3.05, 3.63) is 66.5 Å². The number of hydrogen-bond acceptors (Lipinski definition) is 8. The molecule has 0 aromatic heterocycles. The molecule has 0 radical (unpaired) electrons. The zero-order valence-corrected chi connectivity index (χ0v) is 20.6. The van der Waals surface area contributed by atoms with E-state index in [0.717, 1.165) is 0 Å². The van der Waals surface area contributed by atoms with Crippen molar-refractivity contribution in [3.8, 4) is 28.4 Å². The predicted octanol–water partition coefficient (Wildman–Crippen LogP) is 4.80. The number of esters is 3. The van der Waals surface area contributed by atoms with E-state index < -0.39 is 23.7 Å². The third-order valence-corrected chi connectivity index (χ3v) is 4.53. The molecule has 192 valence electrons. The molecule has 9 heteroatoms. The normalized spacial score (nSPS) is 10.2. The van der Waals surface area contributed by atoms with Gasteiger partial charge < -0.3 is 23.7 Å². The van der Waals surface area contributed by atoms with Gasteiger partial charge in [-0.3, -0.25) is 4.79 Å². The first-order valence-electron chi connectivity index (χ1n) is 11.2. The lowest BCUT2D eigenvalue weighted by molar-refractivity contribution is -0.140. The molecule has 36 heavy (non-hydrogen) atoms. The van der Waals surface area contributed by atoms with E-state index in [1.165, 1.54) is 26.0 Å². The zero-order chi connectivity index (χ0) is 26.7. The highest BCUT2D eigenvalue weighted by Gasteiger charge is 2.12. The van der Waals surface area contributed by atoms with E-state index in [-0.39, 0.29) is 49.7 Å². The van der Waals surface area contributed by atoms with Crippen molar-refractivity contribution in [1.29, 1.82) is 0 Å². The summed E-state index contributed by atoms with van der Waals surface area (Å²) in [6.07, 6.45) is 0.116. The van der Waals surface area contributed by atoms with Crippen LogP contribution in [0.15, 0.2) is 60.7 Å². The lowest BCUT2D eigenvalue weighted by Crippen LogP contribution is -2.13. The van der Waals surface area contributed by atoms with E-state index in [1.807, 2.05) is 0 Å². The van der Waals surface area contributed by atoms with Crippen molar-refractivity contribution in [3.63, 3.8) is 0 Å². The van der Waals surface area contributed by atoms with Gasteiger partial charge in [0.15, 0.2) is 11.6 Å². The molecule has 0 bridgehead atoms. The van der Waals surface area contributed by atoms with Gasteiger partial charge in [0.05, 0.1) is 0 Å². The van der Waals surface area contributed by atoms with Crippen LogP contribution in [0.5, 0.6) is 17.2 Å². The summed E-state index contributed by atoms with van der Waals surface area (Å²) in [6.45, 7) is 11.8. The predicted molar refractivity (Wildman–Crippen MR) is 130 cm³/mol. The standard InChI is InChI=1S/C27H29FO8/c1-6-25(29)36-24-8-7-19(15-23(24)28)20-13-21(32-9-11-34-26(30)17(2)3)16-22(14-20)33-10-12-35-27(31)18(4)5/h7-8,13-16H,2,4,6,9-12H2,1,3,5H3. The Labute approximate surface area is 209 Å². The highest BCUT2D eigenvalue weighted by atomic mass is 19.1. The van der Waals surface area contributed by atoms with Crippen LogP contribution >= 0.6 is 0 Å². The molecule has 2 aromatic carbocycles. The maximum Gasteiger partial charge on any atom is 0.333 e. The Morgan fingerprint density at radius 3 is 1.75 bits per heavy atom. The molecule has 0 aliphatic rings. The van der Waals surface area contributed by atoms with Crippen molar-refractivity contribution in [1.82, 2.24) is 0 Å². The van der Waals surface area contributed by atoms with Gasteiger partial charge in [0.1, 0.15) is 37.9 Å². The number of carbonyl (C=O) groups is 3. The number of ether oxygens (including phenoxy) is 5. The Morgan fingerprint density at radius 2 is 1.31 bits per heavy atom. The van der Waals surface area contributed by atoms with Crippen molar-refractivity contribution >= 4 is 17.9 Å². The molecule has 0 unspecified atom stereocenters. The largest absolute Gasteiger partial charge is 0.490 e. The van der Waals surface area contributed by atoms with E-state index in [4.69, 9.17) is 23.7 Å². The number of hydrogen-bond donors (Lipinski definition) is 0. The lowest BCUT2D eigenvalue weighted by atomic mass is 10.0. The van der Waals surface area contributed by atoms with Gasteiger partial charge in [0.25, 0.3) is 0 Å². The first-order chi connectivity index (χ1) is 17.1. The third-order valence-electron chi connectivity index (χ3n) is 4.53. The zero-order valence-electron chi connectivity index (χ0n) is 20.6. The molecule has 0 heterocycles. The molecule has 2 rings (SSSR count). The molecular weight excluding hydrogens is 471 g/mol. The minimum atomic E-state index is -0.707. The van der Waals surface area contributed by atoms with Crippen molar-refractivity contribution in [2.24, 2.45) is 0 Å². The van der Waals surface area contributed by atoms with E-state index in [9.17, 15) is 18.8 Å². The topological polar surface area (TPSA) is 97.4 Å². The van der Waals surface area contributed by atoms with Crippen LogP contribution in [0.1, 0.15) is 27.2 Å². The highest BCUT2D eigenvalue weighted by molar-refractivity contribution is 5.87. The summed E-state index contributed by atoms with van der Waals surface area (Å²) in [5.41, 5.74) is 1.57. The van der Waals surface area contributed by atoms with Crippen molar-refractivity contribution < 1.29 is 42.5 Å². The van der Waals surface area contributed by atoms with E-state index in [0.29, 0.717) is 22.6 Å². The molecule has 2 aromatic rings. The van der Waals surface area contributed by atoms with Crippen LogP contribution in [0, 0.1) is 5.82 Å². The van der Waals surface area contributed by atoms with Crippen LogP contribution < -0.4 is 14.2 Å². The summed E-state index contributed by atoms with van der Waals surface area (Å²) < 4.78 is 41.0. The second-order valence-electron chi connectivity index (χ2n) is 7.70. The first kappa shape index (κ1) is 28.1. The van der Waals surface area contributed by atoms with E-state index >= 15 is 0 Å². The smallest absolute Gasteiger partial charge is 0.333 e. The van der Waals surface area contributed by atoms with Gasteiger partial charge in [-0.05, 0) is 49.2 Å². The van der Waals surface area contributed by atoms with E-state index in [2.05, 4.69) is 13.2 Å². The highest BCUT2D eigenvalue weighted by Crippen LogP contribution is 2.32. The minimum absolute atomic E-state index is 0.00487. The second-order valence-corrected chi connectivity index (χ2v) is 7.70. The summed E-state index contributed by atoms with van der Waals surface area (Å²) in [5.74, 6) is -1.74. The first-order valence-corrected chi connectivity index (χ1v) is 11.2. The molecule has 0 fully saturated rings. The average molecular weight is 501 g/mol. The molecule has 8 nitrogen and oxygen atoms in total. The molecule has 0 atom stereocenters.